The molecule has 4 heteroatoms. The smallest absolute Gasteiger partial charge is 0.221 e. The summed E-state index contributed by atoms with van der Waals surface area (Å²) in [5, 5.41) is 6.45. The van der Waals surface area contributed by atoms with Crippen LogP contribution in [0.2, 0.25) is 0 Å². The number of hydrogen-bond acceptors (Lipinski definition) is 3. The highest BCUT2D eigenvalue weighted by Gasteiger charge is 2.16. The third-order valence-electron chi connectivity index (χ3n) is 3.91. The Hall–Kier alpha value is -1.55. The molecule has 0 radical (unpaired) electrons. The summed E-state index contributed by atoms with van der Waals surface area (Å²) in [6.45, 7) is 7.39. The van der Waals surface area contributed by atoms with Gasteiger partial charge < -0.3 is 15.5 Å². The summed E-state index contributed by atoms with van der Waals surface area (Å²) in [5.74, 6) is -0.0307. The molecule has 1 saturated heterocycles. The maximum Gasteiger partial charge on any atom is 0.221 e. The first kappa shape index (κ1) is 15.8. The van der Waals surface area contributed by atoms with Crippen LogP contribution in [0.5, 0.6) is 0 Å². The normalized spacial score (nSPS) is 19.8. The Morgan fingerprint density at radius 1 is 1.29 bits per heavy atom. The molecule has 1 aromatic carbocycles. The predicted octanol–water partition coefficient (Wildman–Crippen LogP) is 3.32. The van der Waals surface area contributed by atoms with Crippen LogP contribution in [0.15, 0.2) is 24.3 Å². The molecule has 1 aliphatic rings. The molecule has 2 rings (SSSR count). The van der Waals surface area contributed by atoms with Gasteiger partial charge in [0, 0.05) is 30.9 Å². The second kappa shape index (κ2) is 8.03. The Morgan fingerprint density at radius 2 is 2.10 bits per heavy atom. The number of amides is 1. The SMILES string of the molecule is CCCN1CCCC(Nc2cccc(NC(C)=O)c2)CC1. The van der Waals surface area contributed by atoms with Crippen LogP contribution in [-0.4, -0.2) is 36.5 Å². The monoisotopic (exact) mass is 289 g/mol. The van der Waals surface area contributed by atoms with E-state index in [1.807, 2.05) is 18.2 Å². The molecular formula is C17H27N3O. The molecule has 1 amide bonds. The Bertz CT molecular complexity index is 461. The van der Waals surface area contributed by atoms with Crippen molar-refractivity contribution in [2.24, 2.45) is 0 Å². The van der Waals surface area contributed by atoms with E-state index in [2.05, 4.69) is 28.5 Å². The van der Waals surface area contributed by atoms with E-state index < -0.39 is 0 Å². The third-order valence-corrected chi connectivity index (χ3v) is 3.91. The van der Waals surface area contributed by atoms with Crippen LogP contribution in [0.25, 0.3) is 0 Å². The second-order valence-electron chi connectivity index (χ2n) is 5.88. The summed E-state index contributed by atoms with van der Waals surface area (Å²) < 4.78 is 0. The van der Waals surface area contributed by atoms with Crippen LogP contribution in [0.3, 0.4) is 0 Å². The van der Waals surface area contributed by atoms with Gasteiger partial charge in [-0.05, 0) is 57.0 Å². The lowest BCUT2D eigenvalue weighted by Gasteiger charge is -2.20. The summed E-state index contributed by atoms with van der Waals surface area (Å²) in [6.07, 6.45) is 4.88. The minimum atomic E-state index is -0.0307. The molecule has 2 N–H and O–H groups in total. The number of nitrogens with zero attached hydrogens (tertiary/aromatic N) is 1. The van der Waals surface area contributed by atoms with Crippen molar-refractivity contribution < 1.29 is 4.79 Å². The molecule has 4 nitrogen and oxygen atoms in total. The molecule has 1 fully saturated rings. The van der Waals surface area contributed by atoms with Gasteiger partial charge in [-0.2, -0.15) is 0 Å². The molecule has 1 unspecified atom stereocenters. The number of likely N-dealkylation sites (tertiary alicyclic amines) is 1. The maximum absolute atomic E-state index is 11.1. The molecule has 0 saturated carbocycles. The van der Waals surface area contributed by atoms with Crippen LogP contribution in [0, 0.1) is 0 Å². The lowest BCUT2D eigenvalue weighted by Crippen LogP contribution is -2.27. The van der Waals surface area contributed by atoms with Gasteiger partial charge in [-0.3, -0.25) is 4.79 Å². The topological polar surface area (TPSA) is 44.4 Å². The summed E-state index contributed by atoms with van der Waals surface area (Å²) >= 11 is 0. The molecule has 1 heterocycles. The number of hydrogen-bond donors (Lipinski definition) is 2. The van der Waals surface area contributed by atoms with Crippen LogP contribution in [0.4, 0.5) is 11.4 Å². The van der Waals surface area contributed by atoms with Gasteiger partial charge in [0.25, 0.3) is 0 Å². The molecule has 1 atom stereocenters. The lowest BCUT2D eigenvalue weighted by atomic mass is 10.1. The fourth-order valence-corrected chi connectivity index (χ4v) is 2.97. The van der Waals surface area contributed by atoms with Crippen molar-refractivity contribution in [1.29, 1.82) is 0 Å². The van der Waals surface area contributed by atoms with E-state index in [0.29, 0.717) is 6.04 Å². The first-order chi connectivity index (χ1) is 10.2. The van der Waals surface area contributed by atoms with Crippen molar-refractivity contribution in [3.63, 3.8) is 0 Å². The first-order valence-electron chi connectivity index (χ1n) is 8.04. The largest absolute Gasteiger partial charge is 0.382 e. The molecule has 0 bridgehead atoms. The zero-order valence-corrected chi connectivity index (χ0v) is 13.2. The molecule has 0 spiro atoms. The van der Waals surface area contributed by atoms with Gasteiger partial charge in [-0.1, -0.05) is 13.0 Å². The minimum Gasteiger partial charge on any atom is -0.382 e. The maximum atomic E-state index is 11.1. The minimum absolute atomic E-state index is 0.0307. The van der Waals surface area contributed by atoms with Crippen LogP contribution < -0.4 is 10.6 Å². The average Bonchev–Trinajstić information content (AvgIpc) is 2.65. The molecular weight excluding hydrogens is 262 g/mol. The van der Waals surface area contributed by atoms with E-state index >= 15 is 0 Å². The zero-order chi connectivity index (χ0) is 15.1. The Labute approximate surface area is 127 Å². The van der Waals surface area contributed by atoms with Gasteiger partial charge in [0.1, 0.15) is 0 Å². The number of anilines is 2. The van der Waals surface area contributed by atoms with E-state index in [0.717, 1.165) is 11.4 Å². The van der Waals surface area contributed by atoms with Crippen molar-refractivity contribution in [3.05, 3.63) is 24.3 Å². The predicted molar refractivity (Wildman–Crippen MR) is 88.7 cm³/mol. The summed E-state index contributed by atoms with van der Waals surface area (Å²) in [6, 6.07) is 8.51. The van der Waals surface area contributed by atoms with E-state index in [-0.39, 0.29) is 5.91 Å². The van der Waals surface area contributed by atoms with Gasteiger partial charge >= 0.3 is 0 Å². The molecule has 0 aromatic heterocycles. The highest BCUT2D eigenvalue weighted by Crippen LogP contribution is 2.20. The van der Waals surface area contributed by atoms with Gasteiger partial charge in [0.05, 0.1) is 0 Å². The van der Waals surface area contributed by atoms with Crippen molar-refractivity contribution in [1.82, 2.24) is 4.90 Å². The molecule has 0 aliphatic carbocycles. The van der Waals surface area contributed by atoms with Crippen LogP contribution >= 0.6 is 0 Å². The van der Waals surface area contributed by atoms with E-state index in [1.54, 1.807) is 0 Å². The van der Waals surface area contributed by atoms with E-state index in [1.165, 1.54) is 52.2 Å². The van der Waals surface area contributed by atoms with Crippen LogP contribution in [-0.2, 0) is 4.79 Å². The standard InChI is InChI=1S/C17H27N3O/c1-3-10-20-11-5-8-15(9-12-20)19-17-7-4-6-16(13-17)18-14(2)21/h4,6-7,13,15,19H,3,5,8-12H2,1-2H3,(H,18,21). The third kappa shape index (κ3) is 5.38. The number of carbonyl (C=O) groups is 1. The highest BCUT2D eigenvalue weighted by atomic mass is 16.1. The molecule has 116 valence electrons. The molecule has 21 heavy (non-hydrogen) atoms. The van der Waals surface area contributed by atoms with Crippen molar-refractivity contribution in [2.45, 2.75) is 45.6 Å². The Kier molecular flexibility index (Phi) is 6.05. The number of nitrogens with one attached hydrogen (secondary N) is 2. The highest BCUT2D eigenvalue weighted by molar-refractivity contribution is 5.89. The van der Waals surface area contributed by atoms with E-state index in [9.17, 15) is 4.79 Å². The zero-order valence-electron chi connectivity index (χ0n) is 13.2. The van der Waals surface area contributed by atoms with Crippen molar-refractivity contribution >= 4 is 17.3 Å². The fraction of sp³-hybridized carbons (Fsp3) is 0.588. The van der Waals surface area contributed by atoms with Crippen LogP contribution in [0.1, 0.15) is 39.5 Å². The summed E-state index contributed by atoms with van der Waals surface area (Å²) in [5.41, 5.74) is 1.95. The van der Waals surface area contributed by atoms with Gasteiger partial charge in [0.2, 0.25) is 5.91 Å². The first-order valence-corrected chi connectivity index (χ1v) is 8.04. The van der Waals surface area contributed by atoms with Gasteiger partial charge in [0.15, 0.2) is 0 Å². The molecule has 1 aromatic rings. The Balaban J connectivity index is 1.90. The number of benzene rings is 1. The summed E-state index contributed by atoms with van der Waals surface area (Å²) in [4.78, 5) is 13.7. The summed E-state index contributed by atoms with van der Waals surface area (Å²) in [7, 11) is 0. The average molecular weight is 289 g/mol. The second-order valence-corrected chi connectivity index (χ2v) is 5.88. The van der Waals surface area contributed by atoms with Gasteiger partial charge in [-0.15, -0.1) is 0 Å². The number of rotatable bonds is 5. The fourth-order valence-electron chi connectivity index (χ4n) is 2.97. The lowest BCUT2D eigenvalue weighted by molar-refractivity contribution is -0.114. The van der Waals surface area contributed by atoms with Crippen molar-refractivity contribution in [2.75, 3.05) is 30.3 Å². The Morgan fingerprint density at radius 3 is 2.86 bits per heavy atom. The van der Waals surface area contributed by atoms with Gasteiger partial charge in [-0.25, -0.2) is 0 Å². The van der Waals surface area contributed by atoms with E-state index in [4.69, 9.17) is 0 Å². The molecule has 1 aliphatic heterocycles. The quantitative estimate of drug-likeness (QED) is 0.874. The number of carbonyl (C=O) groups excluding carboxylic acids is 1. The van der Waals surface area contributed by atoms with Crippen molar-refractivity contribution in [3.8, 4) is 0 Å².